The number of nitrogens with zero attached hydrogens (tertiary/aromatic N) is 3. The summed E-state index contributed by atoms with van der Waals surface area (Å²) in [5, 5.41) is 3.98. The van der Waals surface area contributed by atoms with E-state index in [-0.39, 0.29) is 24.2 Å². The quantitative estimate of drug-likeness (QED) is 0.730. The van der Waals surface area contributed by atoms with E-state index >= 15 is 0 Å². The Morgan fingerprint density at radius 2 is 1.86 bits per heavy atom. The second kappa shape index (κ2) is 7.26. The Hall–Kier alpha value is -2.90. The summed E-state index contributed by atoms with van der Waals surface area (Å²) in [7, 11) is 3.11. The number of carbonyl (C=O) groups excluding carboxylic acids is 2. The van der Waals surface area contributed by atoms with Crippen molar-refractivity contribution in [2.75, 3.05) is 14.2 Å². The minimum absolute atomic E-state index is 0.0136. The highest BCUT2D eigenvalue weighted by Crippen LogP contribution is 2.45. The van der Waals surface area contributed by atoms with E-state index in [1.54, 1.807) is 32.4 Å². The lowest BCUT2D eigenvalue weighted by molar-refractivity contribution is -0.143. The van der Waals surface area contributed by atoms with Gasteiger partial charge in [0.1, 0.15) is 6.54 Å². The third-order valence-electron chi connectivity index (χ3n) is 5.70. The summed E-state index contributed by atoms with van der Waals surface area (Å²) in [6, 6.07) is 5.29. The molecular formula is C20H23N3O5. The first kappa shape index (κ1) is 18.5. The van der Waals surface area contributed by atoms with E-state index in [4.69, 9.17) is 14.0 Å². The highest BCUT2D eigenvalue weighted by Gasteiger charge is 2.51. The molecular weight excluding hydrogens is 362 g/mol. The molecule has 0 radical (unpaired) electrons. The zero-order chi connectivity index (χ0) is 19.7. The van der Waals surface area contributed by atoms with Crippen LogP contribution >= 0.6 is 0 Å². The van der Waals surface area contributed by atoms with Crippen molar-refractivity contribution >= 4 is 11.8 Å². The Morgan fingerprint density at radius 3 is 2.57 bits per heavy atom. The average Bonchev–Trinajstić information content (AvgIpc) is 3.27. The molecule has 0 unspecified atom stereocenters. The fourth-order valence-electron chi connectivity index (χ4n) is 4.19. The molecule has 1 aromatic carbocycles. The second-order valence-electron chi connectivity index (χ2n) is 7.38. The lowest BCUT2D eigenvalue weighted by Gasteiger charge is -2.30. The van der Waals surface area contributed by atoms with E-state index in [0.717, 1.165) is 32.1 Å². The van der Waals surface area contributed by atoms with Gasteiger partial charge < -0.3 is 14.0 Å². The topological polar surface area (TPSA) is 94.8 Å². The number of carbonyl (C=O) groups is 2. The van der Waals surface area contributed by atoms with Gasteiger partial charge in [-0.1, -0.05) is 24.4 Å². The van der Waals surface area contributed by atoms with Crippen LogP contribution in [0.4, 0.5) is 0 Å². The number of rotatable bonds is 5. The predicted octanol–water partition coefficient (Wildman–Crippen LogP) is 2.96. The molecule has 1 aliphatic heterocycles. The van der Waals surface area contributed by atoms with Gasteiger partial charge in [0.15, 0.2) is 11.5 Å². The molecule has 1 spiro atoms. The van der Waals surface area contributed by atoms with Crippen LogP contribution < -0.4 is 9.47 Å². The number of benzene rings is 1. The van der Waals surface area contributed by atoms with Crippen LogP contribution in [0, 0.1) is 5.41 Å². The molecule has 28 heavy (non-hydrogen) atoms. The number of aromatic nitrogens is 2. The molecule has 4 rings (SSSR count). The zero-order valence-corrected chi connectivity index (χ0v) is 16.1. The zero-order valence-electron chi connectivity index (χ0n) is 16.1. The van der Waals surface area contributed by atoms with Crippen molar-refractivity contribution in [3.8, 4) is 22.9 Å². The standard InChI is InChI=1S/C20H23N3O5/c1-26-14-7-6-13(10-15(14)27-2)18-21-16(28-22-18)12-23-17(24)11-20(19(23)25)8-4-3-5-9-20/h6-7,10H,3-5,8-9,11-12H2,1-2H3. The lowest BCUT2D eigenvalue weighted by Crippen LogP contribution is -2.36. The van der Waals surface area contributed by atoms with Gasteiger partial charge in [0.05, 0.1) is 19.6 Å². The first-order valence-corrected chi connectivity index (χ1v) is 9.46. The smallest absolute Gasteiger partial charge is 0.247 e. The third kappa shape index (κ3) is 3.12. The van der Waals surface area contributed by atoms with Gasteiger partial charge in [0.2, 0.25) is 23.5 Å². The van der Waals surface area contributed by atoms with Crippen LogP contribution in [0.5, 0.6) is 11.5 Å². The van der Waals surface area contributed by atoms with Gasteiger partial charge >= 0.3 is 0 Å². The average molecular weight is 385 g/mol. The van der Waals surface area contributed by atoms with Gasteiger partial charge in [0.25, 0.3) is 0 Å². The Bertz CT molecular complexity index is 901. The first-order valence-electron chi connectivity index (χ1n) is 9.46. The van der Waals surface area contributed by atoms with Crippen molar-refractivity contribution in [2.24, 2.45) is 5.41 Å². The molecule has 2 amide bonds. The minimum atomic E-state index is -0.512. The van der Waals surface area contributed by atoms with Gasteiger partial charge in [-0.15, -0.1) is 0 Å². The van der Waals surface area contributed by atoms with Crippen LogP contribution in [0.3, 0.4) is 0 Å². The maximum Gasteiger partial charge on any atom is 0.247 e. The summed E-state index contributed by atoms with van der Waals surface area (Å²) in [4.78, 5) is 31.0. The van der Waals surface area contributed by atoms with E-state index in [1.165, 1.54) is 4.90 Å². The molecule has 1 aliphatic carbocycles. The van der Waals surface area contributed by atoms with Gasteiger partial charge in [-0.3, -0.25) is 14.5 Å². The highest BCUT2D eigenvalue weighted by molar-refractivity contribution is 6.05. The van der Waals surface area contributed by atoms with E-state index in [9.17, 15) is 9.59 Å². The molecule has 2 fully saturated rings. The predicted molar refractivity (Wildman–Crippen MR) is 98.5 cm³/mol. The number of methoxy groups -OCH3 is 2. The van der Waals surface area contributed by atoms with Crippen molar-refractivity contribution in [3.63, 3.8) is 0 Å². The normalized spacial score (nSPS) is 18.7. The van der Waals surface area contributed by atoms with Crippen LogP contribution in [0.2, 0.25) is 0 Å². The van der Waals surface area contributed by atoms with Crippen LogP contribution in [0.25, 0.3) is 11.4 Å². The molecule has 148 valence electrons. The fourth-order valence-corrected chi connectivity index (χ4v) is 4.19. The Kier molecular flexibility index (Phi) is 4.78. The molecule has 0 N–H and O–H groups in total. The largest absolute Gasteiger partial charge is 0.493 e. The van der Waals surface area contributed by atoms with E-state index < -0.39 is 5.41 Å². The molecule has 1 saturated carbocycles. The SMILES string of the molecule is COc1ccc(-c2noc(CN3C(=O)CC4(CCCCC4)C3=O)n2)cc1OC. The Morgan fingerprint density at radius 1 is 1.11 bits per heavy atom. The van der Waals surface area contributed by atoms with Crippen LogP contribution in [0.1, 0.15) is 44.4 Å². The van der Waals surface area contributed by atoms with Crippen molar-refractivity contribution in [2.45, 2.75) is 45.1 Å². The maximum atomic E-state index is 12.9. The first-order chi connectivity index (χ1) is 13.6. The summed E-state index contributed by atoms with van der Waals surface area (Å²) in [6.07, 6.45) is 4.99. The minimum Gasteiger partial charge on any atom is -0.493 e. The van der Waals surface area contributed by atoms with Crippen LogP contribution in [0.15, 0.2) is 22.7 Å². The number of amides is 2. The molecule has 2 aliphatic rings. The van der Waals surface area contributed by atoms with Crippen LogP contribution in [-0.2, 0) is 16.1 Å². The number of hydrogen-bond acceptors (Lipinski definition) is 7. The number of ether oxygens (including phenoxy) is 2. The molecule has 0 atom stereocenters. The third-order valence-corrected chi connectivity index (χ3v) is 5.70. The summed E-state index contributed by atoms with van der Waals surface area (Å²) < 4.78 is 15.8. The maximum absolute atomic E-state index is 12.9. The molecule has 8 heteroatoms. The molecule has 1 saturated heterocycles. The molecule has 1 aromatic heterocycles. The van der Waals surface area contributed by atoms with E-state index in [1.807, 2.05) is 0 Å². The summed E-state index contributed by atoms with van der Waals surface area (Å²) in [5.41, 5.74) is 0.178. The number of imide groups is 1. The van der Waals surface area contributed by atoms with Crippen LogP contribution in [-0.4, -0.2) is 41.1 Å². The van der Waals surface area contributed by atoms with Crippen molar-refractivity contribution in [1.29, 1.82) is 0 Å². The van der Waals surface area contributed by atoms with E-state index in [0.29, 0.717) is 29.3 Å². The molecule has 2 heterocycles. The summed E-state index contributed by atoms with van der Waals surface area (Å²) in [6.45, 7) is 0.0136. The van der Waals surface area contributed by atoms with Gasteiger partial charge in [-0.05, 0) is 31.0 Å². The molecule has 0 bridgehead atoms. The van der Waals surface area contributed by atoms with Gasteiger partial charge in [-0.25, -0.2) is 0 Å². The Labute approximate surface area is 162 Å². The second-order valence-corrected chi connectivity index (χ2v) is 7.38. The van der Waals surface area contributed by atoms with Crippen molar-refractivity contribution in [3.05, 3.63) is 24.1 Å². The number of likely N-dealkylation sites (tertiary alicyclic amines) is 1. The van der Waals surface area contributed by atoms with Gasteiger partial charge in [-0.2, -0.15) is 4.98 Å². The lowest BCUT2D eigenvalue weighted by atomic mass is 9.73. The monoisotopic (exact) mass is 385 g/mol. The summed E-state index contributed by atoms with van der Waals surface area (Å²) >= 11 is 0. The molecule has 2 aromatic rings. The highest BCUT2D eigenvalue weighted by atomic mass is 16.5. The number of hydrogen-bond donors (Lipinski definition) is 0. The van der Waals surface area contributed by atoms with Crippen molar-refractivity contribution in [1.82, 2.24) is 15.0 Å². The van der Waals surface area contributed by atoms with E-state index in [2.05, 4.69) is 10.1 Å². The Balaban J connectivity index is 1.52. The van der Waals surface area contributed by atoms with Gasteiger partial charge in [0, 0.05) is 12.0 Å². The van der Waals surface area contributed by atoms with Crippen molar-refractivity contribution < 1.29 is 23.6 Å². The fraction of sp³-hybridized carbons (Fsp3) is 0.500. The summed E-state index contributed by atoms with van der Waals surface area (Å²) in [5.74, 6) is 1.50. The molecule has 8 nitrogen and oxygen atoms in total.